The Morgan fingerprint density at radius 3 is 2.61 bits per heavy atom. The van der Waals surface area contributed by atoms with Crippen molar-refractivity contribution in [2.45, 2.75) is 24.8 Å². The second kappa shape index (κ2) is 9.17. The second-order valence-corrected chi connectivity index (χ2v) is 8.78. The van der Waals surface area contributed by atoms with Gasteiger partial charge in [-0.1, -0.05) is 58.3 Å². The van der Waals surface area contributed by atoms with Crippen molar-refractivity contribution in [3.05, 3.63) is 89.0 Å². The van der Waals surface area contributed by atoms with Gasteiger partial charge in [-0.2, -0.15) is 4.98 Å². The molecule has 0 saturated carbocycles. The van der Waals surface area contributed by atoms with Gasteiger partial charge in [0.05, 0.1) is 11.4 Å². The Labute approximate surface area is 199 Å². The van der Waals surface area contributed by atoms with E-state index in [4.69, 9.17) is 16.1 Å². The SMILES string of the molecule is Cc1cccc(-c2noc(CSc3nnc(-c4ccncc4)n3-c3cccc(Cl)c3C)n2)c1. The topological polar surface area (TPSA) is 82.5 Å². The number of rotatable bonds is 6. The third-order valence-electron chi connectivity index (χ3n) is 5.12. The fraction of sp³-hybridized carbons (Fsp3) is 0.125. The smallest absolute Gasteiger partial charge is 0.237 e. The summed E-state index contributed by atoms with van der Waals surface area (Å²) in [6.07, 6.45) is 3.47. The summed E-state index contributed by atoms with van der Waals surface area (Å²) in [4.78, 5) is 8.66. The van der Waals surface area contributed by atoms with Crippen LogP contribution >= 0.6 is 23.4 Å². The molecule has 0 fully saturated rings. The Kier molecular flexibility index (Phi) is 5.93. The second-order valence-electron chi connectivity index (χ2n) is 7.43. The summed E-state index contributed by atoms with van der Waals surface area (Å²) < 4.78 is 7.49. The van der Waals surface area contributed by atoms with E-state index in [9.17, 15) is 0 Å². The molecule has 3 aromatic heterocycles. The monoisotopic (exact) mass is 474 g/mol. The predicted molar refractivity (Wildman–Crippen MR) is 128 cm³/mol. The van der Waals surface area contributed by atoms with Gasteiger partial charge in [0.25, 0.3) is 0 Å². The number of aromatic nitrogens is 6. The van der Waals surface area contributed by atoms with Gasteiger partial charge in [-0.15, -0.1) is 10.2 Å². The number of thioether (sulfide) groups is 1. The average molecular weight is 475 g/mol. The Balaban J connectivity index is 1.48. The molecule has 2 aromatic carbocycles. The first-order valence-corrected chi connectivity index (χ1v) is 11.6. The van der Waals surface area contributed by atoms with Crippen molar-refractivity contribution in [3.8, 4) is 28.5 Å². The number of pyridine rings is 1. The maximum Gasteiger partial charge on any atom is 0.237 e. The van der Waals surface area contributed by atoms with Crippen LogP contribution in [-0.4, -0.2) is 29.9 Å². The summed E-state index contributed by atoms with van der Waals surface area (Å²) in [5.74, 6) is 2.24. The zero-order valence-corrected chi connectivity index (χ0v) is 19.5. The van der Waals surface area contributed by atoms with E-state index < -0.39 is 0 Å². The van der Waals surface area contributed by atoms with Crippen LogP contribution in [0.1, 0.15) is 17.0 Å². The van der Waals surface area contributed by atoms with E-state index >= 15 is 0 Å². The molecule has 3 heterocycles. The van der Waals surface area contributed by atoms with Crippen molar-refractivity contribution in [1.82, 2.24) is 29.9 Å². The molecule has 0 bridgehead atoms. The Bertz CT molecular complexity index is 1420. The van der Waals surface area contributed by atoms with E-state index in [0.717, 1.165) is 27.9 Å². The van der Waals surface area contributed by atoms with Crippen molar-refractivity contribution in [1.29, 1.82) is 0 Å². The van der Waals surface area contributed by atoms with Crippen LogP contribution in [0, 0.1) is 13.8 Å². The highest BCUT2D eigenvalue weighted by Gasteiger charge is 2.19. The number of aryl methyl sites for hydroxylation is 1. The maximum atomic E-state index is 6.42. The summed E-state index contributed by atoms with van der Waals surface area (Å²) in [7, 11) is 0. The van der Waals surface area contributed by atoms with Gasteiger partial charge in [-0.05, 0) is 49.7 Å². The molecule has 0 aliphatic heterocycles. The van der Waals surface area contributed by atoms with Crippen LogP contribution in [0.4, 0.5) is 0 Å². The molecule has 7 nitrogen and oxygen atoms in total. The normalized spacial score (nSPS) is 11.1. The first kappa shape index (κ1) is 21.4. The van der Waals surface area contributed by atoms with Crippen LogP contribution in [0.5, 0.6) is 0 Å². The van der Waals surface area contributed by atoms with Gasteiger partial charge in [0.2, 0.25) is 11.7 Å². The lowest BCUT2D eigenvalue weighted by molar-refractivity contribution is 0.391. The van der Waals surface area contributed by atoms with Crippen molar-refractivity contribution in [3.63, 3.8) is 0 Å². The average Bonchev–Trinajstić information content (AvgIpc) is 3.47. The number of nitrogens with zero attached hydrogens (tertiary/aromatic N) is 6. The number of halogens is 1. The minimum atomic E-state index is 0.451. The molecule has 5 aromatic rings. The number of benzene rings is 2. The Hall–Kier alpha value is -3.49. The molecule has 0 saturated heterocycles. The van der Waals surface area contributed by atoms with Gasteiger partial charge in [0.15, 0.2) is 11.0 Å². The lowest BCUT2D eigenvalue weighted by Gasteiger charge is -2.13. The summed E-state index contributed by atoms with van der Waals surface area (Å²) in [6.45, 7) is 4.01. The fourth-order valence-electron chi connectivity index (χ4n) is 3.45. The van der Waals surface area contributed by atoms with Gasteiger partial charge >= 0.3 is 0 Å². The number of hydrogen-bond acceptors (Lipinski definition) is 7. The molecule has 9 heteroatoms. The molecule has 5 rings (SSSR count). The zero-order chi connectivity index (χ0) is 22.8. The van der Waals surface area contributed by atoms with E-state index in [1.807, 2.05) is 73.0 Å². The third kappa shape index (κ3) is 4.40. The van der Waals surface area contributed by atoms with Crippen LogP contribution in [0.2, 0.25) is 5.02 Å². The standard InChI is InChI=1S/C24H19ClN6OS/c1-15-5-3-6-18(13-15)22-27-21(32-30-22)14-33-24-29-28-23(17-9-11-26-12-10-17)31(24)20-8-4-7-19(25)16(20)2/h3-13H,14H2,1-2H3. The molecule has 0 aliphatic rings. The summed E-state index contributed by atoms with van der Waals surface area (Å²) in [5, 5.41) is 14.4. The van der Waals surface area contributed by atoms with Gasteiger partial charge in [0, 0.05) is 28.5 Å². The highest BCUT2D eigenvalue weighted by Crippen LogP contribution is 2.32. The molecular formula is C24H19ClN6OS. The van der Waals surface area contributed by atoms with Crippen LogP contribution in [0.3, 0.4) is 0 Å². The largest absolute Gasteiger partial charge is 0.338 e. The number of hydrogen-bond donors (Lipinski definition) is 0. The predicted octanol–water partition coefficient (Wildman–Crippen LogP) is 5.94. The first-order valence-electron chi connectivity index (χ1n) is 10.2. The van der Waals surface area contributed by atoms with Crippen molar-refractivity contribution < 1.29 is 4.52 Å². The zero-order valence-electron chi connectivity index (χ0n) is 17.9. The molecule has 0 N–H and O–H groups in total. The van der Waals surface area contributed by atoms with Gasteiger partial charge in [0.1, 0.15) is 0 Å². The lowest BCUT2D eigenvalue weighted by Crippen LogP contribution is -2.02. The molecule has 0 spiro atoms. The van der Waals surface area contributed by atoms with Gasteiger partial charge < -0.3 is 4.52 Å². The summed E-state index contributed by atoms with van der Waals surface area (Å²) in [6, 6.07) is 17.6. The van der Waals surface area contributed by atoms with Crippen LogP contribution in [-0.2, 0) is 5.75 Å². The molecule has 0 atom stereocenters. The van der Waals surface area contributed by atoms with E-state index in [2.05, 4.69) is 25.3 Å². The molecule has 164 valence electrons. The lowest BCUT2D eigenvalue weighted by atomic mass is 10.1. The molecule has 33 heavy (non-hydrogen) atoms. The summed E-state index contributed by atoms with van der Waals surface area (Å²) in [5.41, 5.74) is 4.82. The first-order chi connectivity index (χ1) is 16.1. The molecule has 0 radical (unpaired) electrons. The van der Waals surface area contributed by atoms with Gasteiger partial charge in [-0.25, -0.2) is 0 Å². The fourth-order valence-corrected chi connectivity index (χ4v) is 4.40. The van der Waals surface area contributed by atoms with E-state index in [-0.39, 0.29) is 0 Å². The van der Waals surface area contributed by atoms with E-state index in [1.54, 1.807) is 12.4 Å². The van der Waals surface area contributed by atoms with Crippen LogP contribution < -0.4 is 0 Å². The molecule has 0 unspecified atom stereocenters. The quantitative estimate of drug-likeness (QED) is 0.281. The van der Waals surface area contributed by atoms with Crippen LogP contribution in [0.15, 0.2) is 76.7 Å². The Morgan fingerprint density at radius 1 is 0.970 bits per heavy atom. The third-order valence-corrected chi connectivity index (χ3v) is 6.44. The molecule has 0 amide bonds. The highest BCUT2D eigenvalue weighted by atomic mass is 35.5. The van der Waals surface area contributed by atoms with E-state index in [0.29, 0.717) is 33.5 Å². The van der Waals surface area contributed by atoms with Crippen molar-refractivity contribution >= 4 is 23.4 Å². The molecular weight excluding hydrogens is 456 g/mol. The summed E-state index contributed by atoms with van der Waals surface area (Å²) >= 11 is 7.89. The maximum absolute atomic E-state index is 6.42. The van der Waals surface area contributed by atoms with Crippen molar-refractivity contribution in [2.75, 3.05) is 0 Å². The molecule has 0 aliphatic carbocycles. The van der Waals surface area contributed by atoms with E-state index in [1.165, 1.54) is 11.8 Å². The minimum absolute atomic E-state index is 0.451. The van der Waals surface area contributed by atoms with Gasteiger partial charge in [-0.3, -0.25) is 9.55 Å². The van der Waals surface area contributed by atoms with Crippen molar-refractivity contribution in [2.24, 2.45) is 0 Å². The van der Waals surface area contributed by atoms with Crippen LogP contribution in [0.25, 0.3) is 28.5 Å². The Morgan fingerprint density at radius 2 is 1.79 bits per heavy atom. The minimum Gasteiger partial charge on any atom is -0.338 e. The highest BCUT2D eigenvalue weighted by molar-refractivity contribution is 7.98.